The Kier molecular flexibility index (Phi) is 5.15. The van der Waals surface area contributed by atoms with Gasteiger partial charge in [0.25, 0.3) is 0 Å². The van der Waals surface area contributed by atoms with Crippen LogP contribution in [-0.2, 0) is 11.3 Å². The minimum atomic E-state index is 0.675. The molecule has 0 unspecified atom stereocenters. The zero-order chi connectivity index (χ0) is 14.4. The van der Waals surface area contributed by atoms with Crippen molar-refractivity contribution in [1.29, 1.82) is 0 Å². The predicted molar refractivity (Wildman–Crippen MR) is 78.3 cm³/mol. The average molecular weight is 272 g/mol. The molecule has 2 aromatic rings. The van der Waals surface area contributed by atoms with Gasteiger partial charge in [-0.25, -0.2) is 9.97 Å². The van der Waals surface area contributed by atoms with Gasteiger partial charge in [0, 0.05) is 32.6 Å². The Morgan fingerprint density at radius 1 is 1.25 bits per heavy atom. The van der Waals surface area contributed by atoms with E-state index in [1.807, 2.05) is 26.1 Å². The molecule has 2 heterocycles. The molecule has 0 atom stereocenters. The lowest BCUT2D eigenvalue weighted by molar-refractivity contribution is 0.199. The number of methoxy groups -OCH3 is 1. The quantitative estimate of drug-likeness (QED) is 0.814. The lowest BCUT2D eigenvalue weighted by atomic mass is 10.1. The Morgan fingerprint density at radius 2 is 2.10 bits per heavy atom. The second-order valence-electron chi connectivity index (χ2n) is 4.72. The smallest absolute Gasteiger partial charge is 0.178 e. The Hall–Kier alpha value is -1.85. The van der Waals surface area contributed by atoms with Gasteiger partial charge in [-0.15, -0.1) is 0 Å². The van der Waals surface area contributed by atoms with Crippen LogP contribution in [-0.4, -0.2) is 35.2 Å². The summed E-state index contributed by atoms with van der Waals surface area (Å²) in [5, 5.41) is 3.27. The summed E-state index contributed by atoms with van der Waals surface area (Å²) in [6.45, 7) is 6.25. The highest BCUT2D eigenvalue weighted by Gasteiger charge is 2.07. The summed E-state index contributed by atoms with van der Waals surface area (Å²) in [5.74, 6) is 0.675. The van der Waals surface area contributed by atoms with E-state index >= 15 is 0 Å². The van der Waals surface area contributed by atoms with Crippen molar-refractivity contribution >= 4 is 0 Å². The summed E-state index contributed by atoms with van der Waals surface area (Å²) in [4.78, 5) is 13.3. The largest absolute Gasteiger partial charge is 0.383 e. The molecule has 5 heteroatoms. The van der Waals surface area contributed by atoms with Crippen molar-refractivity contribution in [2.75, 3.05) is 20.3 Å². The molecule has 0 saturated carbocycles. The van der Waals surface area contributed by atoms with Gasteiger partial charge < -0.3 is 10.1 Å². The van der Waals surface area contributed by atoms with E-state index in [1.165, 1.54) is 0 Å². The highest BCUT2D eigenvalue weighted by molar-refractivity contribution is 5.54. The second kappa shape index (κ2) is 7.07. The van der Waals surface area contributed by atoms with E-state index in [2.05, 4.69) is 26.3 Å². The number of nitrogens with one attached hydrogen (secondary N) is 1. The fraction of sp³-hybridized carbons (Fsp3) is 0.400. The standard InChI is InChI=1S/C15H20N4O/c1-11-8-12(2)14(18-9-11)15-17-5-4-13(19-15)10-16-6-7-20-3/h4-5,8-9,16H,6-7,10H2,1-3H3. The Morgan fingerprint density at radius 3 is 2.85 bits per heavy atom. The van der Waals surface area contributed by atoms with E-state index in [1.54, 1.807) is 13.3 Å². The van der Waals surface area contributed by atoms with E-state index in [4.69, 9.17) is 4.74 Å². The van der Waals surface area contributed by atoms with Gasteiger partial charge in [0.15, 0.2) is 5.82 Å². The zero-order valence-corrected chi connectivity index (χ0v) is 12.2. The molecule has 0 bridgehead atoms. The summed E-state index contributed by atoms with van der Waals surface area (Å²) < 4.78 is 4.99. The number of hydrogen-bond acceptors (Lipinski definition) is 5. The third kappa shape index (κ3) is 3.82. The molecule has 106 valence electrons. The summed E-state index contributed by atoms with van der Waals surface area (Å²) >= 11 is 0. The van der Waals surface area contributed by atoms with Crippen LogP contribution < -0.4 is 5.32 Å². The molecule has 0 aliphatic rings. The molecule has 2 rings (SSSR count). The molecule has 0 aliphatic heterocycles. The van der Waals surface area contributed by atoms with Gasteiger partial charge in [-0.05, 0) is 31.0 Å². The molecule has 1 N–H and O–H groups in total. The first-order chi connectivity index (χ1) is 9.70. The van der Waals surface area contributed by atoms with Crippen LogP contribution in [0.5, 0.6) is 0 Å². The monoisotopic (exact) mass is 272 g/mol. The van der Waals surface area contributed by atoms with E-state index in [9.17, 15) is 0 Å². The maximum atomic E-state index is 4.99. The van der Waals surface area contributed by atoms with Gasteiger partial charge in [0.05, 0.1) is 12.3 Å². The van der Waals surface area contributed by atoms with Crippen molar-refractivity contribution in [2.45, 2.75) is 20.4 Å². The number of rotatable bonds is 6. The molecular weight excluding hydrogens is 252 g/mol. The van der Waals surface area contributed by atoms with Crippen LogP contribution >= 0.6 is 0 Å². The Balaban J connectivity index is 2.12. The van der Waals surface area contributed by atoms with Crippen molar-refractivity contribution in [3.05, 3.63) is 41.3 Å². The molecule has 0 amide bonds. The highest BCUT2D eigenvalue weighted by atomic mass is 16.5. The third-order valence-corrected chi connectivity index (χ3v) is 2.93. The maximum absolute atomic E-state index is 4.99. The average Bonchev–Trinajstić information content (AvgIpc) is 2.44. The van der Waals surface area contributed by atoms with Gasteiger partial charge in [0.2, 0.25) is 0 Å². The third-order valence-electron chi connectivity index (χ3n) is 2.93. The summed E-state index contributed by atoms with van der Waals surface area (Å²) in [5.41, 5.74) is 4.03. The first-order valence-electron chi connectivity index (χ1n) is 6.66. The molecule has 20 heavy (non-hydrogen) atoms. The van der Waals surface area contributed by atoms with Gasteiger partial charge in [-0.2, -0.15) is 0 Å². The Bertz CT molecular complexity index is 572. The number of nitrogens with zero attached hydrogens (tertiary/aromatic N) is 3. The molecule has 0 aromatic carbocycles. The van der Waals surface area contributed by atoms with Gasteiger partial charge in [-0.3, -0.25) is 4.98 Å². The van der Waals surface area contributed by atoms with E-state index < -0.39 is 0 Å². The number of pyridine rings is 1. The SMILES string of the molecule is COCCNCc1ccnc(-c2ncc(C)cc2C)n1. The molecule has 0 spiro atoms. The zero-order valence-electron chi connectivity index (χ0n) is 12.2. The minimum absolute atomic E-state index is 0.675. The van der Waals surface area contributed by atoms with Gasteiger partial charge in [-0.1, -0.05) is 6.07 Å². The van der Waals surface area contributed by atoms with Gasteiger partial charge >= 0.3 is 0 Å². The Labute approximate surface area is 119 Å². The first-order valence-corrected chi connectivity index (χ1v) is 6.66. The number of aromatic nitrogens is 3. The van der Waals surface area contributed by atoms with E-state index in [-0.39, 0.29) is 0 Å². The van der Waals surface area contributed by atoms with Crippen LogP contribution in [0, 0.1) is 13.8 Å². The topological polar surface area (TPSA) is 59.9 Å². The lowest BCUT2D eigenvalue weighted by Gasteiger charge is -2.07. The molecule has 5 nitrogen and oxygen atoms in total. The van der Waals surface area contributed by atoms with Crippen LogP contribution in [0.25, 0.3) is 11.5 Å². The predicted octanol–water partition coefficient (Wildman–Crippen LogP) is 1.89. The van der Waals surface area contributed by atoms with E-state index in [0.29, 0.717) is 19.0 Å². The fourth-order valence-electron chi connectivity index (χ4n) is 1.95. The van der Waals surface area contributed by atoms with Crippen LogP contribution in [0.4, 0.5) is 0 Å². The van der Waals surface area contributed by atoms with Crippen molar-refractivity contribution < 1.29 is 4.74 Å². The van der Waals surface area contributed by atoms with Crippen molar-refractivity contribution in [3.63, 3.8) is 0 Å². The minimum Gasteiger partial charge on any atom is -0.383 e. The number of hydrogen-bond donors (Lipinski definition) is 1. The van der Waals surface area contributed by atoms with Crippen LogP contribution in [0.1, 0.15) is 16.8 Å². The molecule has 0 saturated heterocycles. The number of ether oxygens (including phenoxy) is 1. The van der Waals surface area contributed by atoms with Crippen molar-refractivity contribution in [1.82, 2.24) is 20.3 Å². The van der Waals surface area contributed by atoms with Crippen molar-refractivity contribution in [3.8, 4) is 11.5 Å². The summed E-state index contributed by atoms with van der Waals surface area (Å²) in [6, 6.07) is 4.00. The molecule has 2 aromatic heterocycles. The van der Waals surface area contributed by atoms with Crippen molar-refractivity contribution in [2.24, 2.45) is 0 Å². The molecule has 0 radical (unpaired) electrons. The molecule has 0 fully saturated rings. The normalized spacial score (nSPS) is 10.8. The van der Waals surface area contributed by atoms with E-state index in [0.717, 1.165) is 29.1 Å². The lowest BCUT2D eigenvalue weighted by Crippen LogP contribution is -2.19. The second-order valence-corrected chi connectivity index (χ2v) is 4.72. The van der Waals surface area contributed by atoms with Crippen LogP contribution in [0.3, 0.4) is 0 Å². The maximum Gasteiger partial charge on any atom is 0.178 e. The highest BCUT2D eigenvalue weighted by Crippen LogP contribution is 2.17. The molecule has 0 aliphatic carbocycles. The number of aryl methyl sites for hydroxylation is 2. The summed E-state index contributed by atoms with van der Waals surface area (Å²) in [6.07, 6.45) is 3.62. The van der Waals surface area contributed by atoms with Crippen LogP contribution in [0.2, 0.25) is 0 Å². The summed E-state index contributed by atoms with van der Waals surface area (Å²) in [7, 11) is 1.69. The van der Waals surface area contributed by atoms with Crippen LogP contribution in [0.15, 0.2) is 24.5 Å². The fourth-order valence-corrected chi connectivity index (χ4v) is 1.95. The van der Waals surface area contributed by atoms with Gasteiger partial charge in [0.1, 0.15) is 5.69 Å². The molecular formula is C15H20N4O. The first kappa shape index (κ1) is 14.6.